The summed E-state index contributed by atoms with van der Waals surface area (Å²) in [6, 6.07) is 12.0. The molecular formula is C15H13ClO3. The minimum Gasteiger partial charge on any atom is -0.494 e. The van der Waals surface area contributed by atoms with Crippen LogP contribution in [-0.4, -0.2) is 17.7 Å². The molecule has 2 aromatic carbocycles. The van der Waals surface area contributed by atoms with E-state index in [2.05, 4.69) is 0 Å². The Morgan fingerprint density at radius 3 is 2.74 bits per heavy atom. The van der Waals surface area contributed by atoms with Gasteiger partial charge in [0.1, 0.15) is 5.75 Å². The van der Waals surface area contributed by atoms with Gasteiger partial charge in [0, 0.05) is 5.02 Å². The first kappa shape index (κ1) is 13.4. The Bertz CT molecular complexity index is 608. The Morgan fingerprint density at radius 1 is 1.26 bits per heavy atom. The number of halogens is 1. The molecule has 0 saturated heterocycles. The summed E-state index contributed by atoms with van der Waals surface area (Å²) < 4.78 is 5.42. The number of carboxylic acid groups (broad SMARTS) is 1. The molecule has 0 atom stereocenters. The van der Waals surface area contributed by atoms with Gasteiger partial charge in [-0.25, -0.2) is 4.79 Å². The fourth-order valence-electron chi connectivity index (χ4n) is 1.86. The molecule has 3 nitrogen and oxygen atoms in total. The Morgan fingerprint density at radius 2 is 2.05 bits per heavy atom. The summed E-state index contributed by atoms with van der Waals surface area (Å²) >= 11 is 5.95. The van der Waals surface area contributed by atoms with E-state index in [0.717, 1.165) is 5.56 Å². The summed E-state index contributed by atoms with van der Waals surface area (Å²) in [7, 11) is 0. The third-order valence-electron chi connectivity index (χ3n) is 2.67. The third kappa shape index (κ3) is 3.06. The third-order valence-corrected chi connectivity index (χ3v) is 2.90. The Kier molecular flexibility index (Phi) is 4.07. The quantitative estimate of drug-likeness (QED) is 0.914. The average Bonchev–Trinajstić information content (AvgIpc) is 2.39. The predicted octanol–water partition coefficient (Wildman–Crippen LogP) is 4.10. The molecule has 0 heterocycles. The van der Waals surface area contributed by atoms with Gasteiger partial charge in [-0.1, -0.05) is 23.7 Å². The number of carboxylic acids is 1. The molecule has 0 radical (unpaired) electrons. The molecule has 1 N–H and O–H groups in total. The number of hydrogen-bond acceptors (Lipinski definition) is 2. The maximum absolute atomic E-state index is 11.2. The number of rotatable bonds is 4. The number of aromatic carboxylic acids is 1. The zero-order valence-electron chi connectivity index (χ0n) is 10.4. The summed E-state index contributed by atoms with van der Waals surface area (Å²) in [5.74, 6) is -0.273. The van der Waals surface area contributed by atoms with Crippen LogP contribution in [0.5, 0.6) is 5.75 Å². The SMILES string of the molecule is CCOc1cccc(-c2cc(Cl)ccc2C(=O)O)c1. The number of hydrogen-bond donors (Lipinski definition) is 1. The topological polar surface area (TPSA) is 46.5 Å². The molecular weight excluding hydrogens is 264 g/mol. The van der Waals surface area contributed by atoms with E-state index >= 15 is 0 Å². The highest BCUT2D eigenvalue weighted by molar-refractivity contribution is 6.31. The van der Waals surface area contributed by atoms with Gasteiger partial charge < -0.3 is 9.84 Å². The average molecular weight is 277 g/mol. The molecule has 0 aromatic heterocycles. The van der Waals surface area contributed by atoms with E-state index in [9.17, 15) is 9.90 Å². The molecule has 0 saturated carbocycles. The van der Waals surface area contributed by atoms with Gasteiger partial charge in [0.05, 0.1) is 12.2 Å². The van der Waals surface area contributed by atoms with Gasteiger partial charge >= 0.3 is 5.97 Å². The second kappa shape index (κ2) is 5.76. The molecule has 0 fully saturated rings. The second-order valence-corrected chi connectivity index (χ2v) is 4.39. The van der Waals surface area contributed by atoms with Gasteiger partial charge in [0.25, 0.3) is 0 Å². The van der Waals surface area contributed by atoms with Crippen molar-refractivity contribution in [2.75, 3.05) is 6.61 Å². The van der Waals surface area contributed by atoms with Crippen LogP contribution in [-0.2, 0) is 0 Å². The molecule has 19 heavy (non-hydrogen) atoms. The highest BCUT2D eigenvalue weighted by Gasteiger charge is 2.12. The minimum absolute atomic E-state index is 0.220. The first-order chi connectivity index (χ1) is 9.11. The van der Waals surface area contributed by atoms with Crippen molar-refractivity contribution in [3.05, 3.63) is 53.1 Å². The van der Waals surface area contributed by atoms with Crippen LogP contribution in [0.1, 0.15) is 17.3 Å². The summed E-state index contributed by atoms with van der Waals surface area (Å²) in [5.41, 5.74) is 1.57. The Hall–Kier alpha value is -2.00. The van der Waals surface area contributed by atoms with Crippen LogP contribution in [0.25, 0.3) is 11.1 Å². The van der Waals surface area contributed by atoms with E-state index in [4.69, 9.17) is 16.3 Å². The molecule has 0 unspecified atom stereocenters. The van der Waals surface area contributed by atoms with Gasteiger partial charge in [-0.3, -0.25) is 0 Å². The van der Waals surface area contributed by atoms with Crippen LogP contribution in [0.4, 0.5) is 0 Å². The molecule has 0 aliphatic rings. The van der Waals surface area contributed by atoms with Crippen LogP contribution in [0, 0.1) is 0 Å². The molecule has 0 amide bonds. The van der Waals surface area contributed by atoms with E-state index < -0.39 is 5.97 Å². The largest absolute Gasteiger partial charge is 0.494 e. The smallest absolute Gasteiger partial charge is 0.336 e. The zero-order valence-corrected chi connectivity index (χ0v) is 11.1. The number of benzene rings is 2. The normalized spacial score (nSPS) is 10.2. The Labute approximate surface area is 116 Å². The van der Waals surface area contributed by atoms with Crippen LogP contribution in [0.2, 0.25) is 5.02 Å². The van der Waals surface area contributed by atoms with Gasteiger partial charge in [0.2, 0.25) is 0 Å². The number of carbonyl (C=O) groups is 1. The minimum atomic E-state index is -0.978. The lowest BCUT2D eigenvalue weighted by Crippen LogP contribution is -1.99. The van der Waals surface area contributed by atoms with Crippen molar-refractivity contribution in [1.29, 1.82) is 0 Å². The zero-order chi connectivity index (χ0) is 13.8. The fraction of sp³-hybridized carbons (Fsp3) is 0.133. The maximum atomic E-state index is 11.2. The lowest BCUT2D eigenvalue weighted by Gasteiger charge is -2.09. The van der Waals surface area contributed by atoms with Crippen molar-refractivity contribution >= 4 is 17.6 Å². The molecule has 98 valence electrons. The highest BCUT2D eigenvalue weighted by atomic mass is 35.5. The first-order valence-corrected chi connectivity index (χ1v) is 6.25. The van der Waals surface area contributed by atoms with Crippen molar-refractivity contribution < 1.29 is 14.6 Å². The molecule has 0 spiro atoms. The van der Waals surface area contributed by atoms with Crippen molar-refractivity contribution in [1.82, 2.24) is 0 Å². The summed E-state index contributed by atoms with van der Waals surface area (Å²) in [6.45, 7) is 2.46. The van der Waals surface area contributed by atoms with E-state index in [1.165, 1.54) is 6.07 Å². The van der Waals surface area contributed by atoms with Gasteiger partial charge in [-0.15, -0.1) is 0 Å². The van der Waals surface area contributed by atoms with Crippen molar-refractivity contribution in [3.8, 4) is 16.9 Å². The molecule has 4 heteroatoms. The van der Waals surface area contributed by atoms with Gasteiger partial charge in [0.15, 0.2) is 0 Å². The van der Waals surface area contributed by atoms with E-state index in [1.54, 1.807) is 12.1 Å². The molecule has 0 bridgehead atoms. The van der Waals surface area contributed by atoms with E-state index in [1.807, 2.05) is 31.2 Å². The van der Waals surface area contributed by atoms with Gasteiger partial charge in [-0.05, 0) is 48.4 Å². The standard InChI is InChI=1S/C15H13ClO3/c1-2-19-12-5-3-4-10(8-12)14-9-11(16)6-7-13(14)15(17)18/h3-9H,2H2,1H3,(H,17,18). The monoisotopic (exact) mass is 276 g/mol. The van der Waals surface area contributed by atoms with Gasteiger partial charge in [-0.2, -0.15) is 0 Å². The summed E-state index contributed by atoms with van der Waals surface area (Å²) in [5, 5.41) is 9.72. The highest BCUT2D eigenvalue weighted by Crippen LogP contribution is 2.29. The lowest BCUT2D eigenvalue weighted by atomic mass is 9.99. The van der Waals surface area contributed by atoms with Crippen molar-refractivity contribution in [2.24, 2.45) is 0 Å². The molecule has 0 aliphatic carbocycles. The van der Waals surface area contributed by atoms with Crippen LogP contribution in [0.3, 0.4) is 0 Å². The van der Waals surface area contributed by atoms with Crippen LogP contribution < -0.4 is 4.74 Å². The summed E-state index contributed by atoms with van der Waals surface area (Å²) in [6.07, 6.45) is 0. The maximum Gasteiger partial charge on any atom is 0.336 e. The van der Waals surface area contributed by atoms with Crippen LogP contribution in [0.15, 0.2) is 42.5 Å². The Balaban J connectivity index is 2.54. The fourth-order valence-corrected chi connectivity index (χ4v) is 2.03. The van der Waals surface area contributed by atoms with Crippen molar-refractivity contribution in [3.63, 3.8) is 0 Å². The van der Waals surface area contributed by atoms with E-state index in [0.29, 0.717) is 22.9 Å². The molecule has 0 aliphatic heterocycles. The number of ether oxygens (including phenoxy) is 1. The second-order valence-electron chi connectivity index (χ2n) is 3.96. The van der Waals surface area contributed by atoms with Crippen molar-refractivity contribution in [2.45, 2.75) is 6.92 Å². The lowest BCUT2D eigenvalue weighted by molar-refractivity contribution is 0.0697. The molecule has 2 rings (SSSR count). The first-order valence-electron chi connectivity index (χ1n) is 5.88. The van der Waals surface area contributed by atoms with Crippen LogP contribution >= 0.6 is 11.6 Å². The predicted molar refractivity (Wildman–Crippen MR) is 75.0 cm³/mol. The van der Waals surface area contributed by atoms with E-state index in [-0.39, 0.29) is 5.56 Å². The summed E-state index contributed by atoms with van der Waals surface area (Å²) in [4.78, 5) is 11.2. The molecule has 2 aromatic rings.